The van der Waals surface area contributed by atoms with Gasteiger partial charge in [-0.1, -0.05) is 12.1 Å². The van der Waals surface area contributed by atoms with Crippen molar-refractivity contribution in [3.05, 3.63) is 52.4 Å². The first-order valence-electron chi connectivity index (χ1n) is 8.51. The normalized spacial score (nSPS) is 15.7. The number of furan rings is 1. The third-order valence-electron chi connectivity index (χ3n) is 4.32. The Balaban J connectivity index is 1.54. The number of nitrogens with zero attached hydrogens (tertiary/aromatic N) is 2. The van der Waals surface area contributed by atoms with Crippen molar-refractivity contribution in [2.75, 3.05) is 26.2 Å². The number of halogens is 1. The lowest BCUT2D eigenvalue weighted by Gasteiger charge is -2.35. The van der Waals surface area contributed by atoms with Crippen LogP contribution in [0.25, 0.3) is 0 Å². The van der Waals surface area contributed by atoms with E-state index in [2.05, 4.69) is 15.9 Å². The Labute approximate surface area is 160 Å². The maximum absolute atomic E-state index is 12.6. The maximum atomic E-state index is 12.6. The van der Waals surface area contributed by atoms with E-state index in [1.807, 2.05) is 24.3 Å². The van der Waals surface area contributed by atoms with E-state index in [4.69, 9.17) is 9.15 Å². The topological polar surface area (TPSA) is 63.0 Å². The van der Waals surface area contributed by atoms with Crippen LogP contribution in [0.1, 0.15) is 23.2 Å². The van der Waals surface area contributed by atoms with Gasteiger partial charge >= 0.3 is 0 Å². The summed E-state index contributed by atoms with van der Waals surface area (Å²) in [7, 11) is 0. The number of amides is 2. The van der Waals surface area contributed by atoms with Gasteiger partial charge in [0.2, 0.25) is 0 Å². The third-order valence-corrected chi connectivity index (χ3v) is 4.97. The van der Waals surface area contributed by atoms with E-state index in [9.17, 15) is 9.59 Å². The summed E-state index contributed by atoms with van der Waals surface area (Å²) in [5.41, 5.74) is 0. The fourth-order valence-corrected chi connectivity index (χ4v) is 3.25. The molecule has 1 aromatic heterocycles. The van der Waals surface area contributed by atoms with Crippen molar-refractivity contribution in [1.29, 1.82) is 0 Å². The molecule has 1 aliphatic heterocycles. The second kappa shape index (κ2) is 7.95. The molecule has 1 unspecified atom stereocenters. The van der Waals surface area contributed by atoms with Crippen molar-refractivity contribution < 1.29 is 18.7 Å². The summed E-state index contributed by atoms with van der Waals surface area (Å²) in [5, 5.41) is 0. The van der Waals surface area contributed by atoms with Crippen LogP contribution in [-0.4, -0.2) is 53.9 Å². The highest BCUT2D eigenvalue weighted by molar-refractivity contribution is 9.10. The van der Waals surface area contributed by atoms with Crippen LogP contribution in [0.3, 0.4) is 0 Å². The summed E-state index contributed by atoms with van der Waals surface area (Å²) in [6.45, 7) is 5.46. The van der Waals surface area contributed by atoms with Gasteiger partial charge < -0.3 is 19.0 Å². The molecule has 138 valence electrons. The van der Waals surface area contributed by atoms with E-state index in [-0.39, 0.29) is 11.8 Å². The summed E-state index contributed by atoms with van der Waals surface area (Å²) in [6, 6.07) is 10.9. The number of piperazine rings is 1. The molecular weight excluding hydrogens is 400 g/mol. The Morgan fingerprint density at radius 1 is 1.08 bits per heavy atom. The van der Waals surface area contributed by atoms with Crippen LogP contribution in [0.5, 0.6) is 5.75 Å². The van der Waals surface area contributed by atoms with Crippen molar-refractivity contribution in [3.8, 4) is 5.75 Å². The molecule has 0 aliphatic carbocycles. The van der Waals surface area contributed by atoms with E-state index in [1.54, 1.807) is 35.8 Å². The van der Waals surface area contributed by atoms with Gasteiger partial charge in [-0.05, 0) is 54.0 Å². The first-order valence-corrected chi connectivity index (χ1v) is 9.30. The van der Waals surface area contributed by atoms with Crippen LogP contribution in [0, 0.1) is 6.92 Å². The number of hydrogen-bond acceptors (Lipinski definition) is 4. The number of benzene rings is 1. The highest BCUT2D eigenvalue weighted by Gasteiger charge is 2.29. The van der Waals surface area contributed by atoms with Crippen LogP contribution in [0.15, 0.2) is 45.3 Å². The molecule has 0 N–H and O–H groups in total. The Kier molecular flexibility index (Phi) is 5.66. The smallest absolute Gasteiger partial charge is 0.289 e. The average molecular weight is 421 g/mol. The SMILES string of the molecule is Cc1ccc(C(=O)N2CCN(C(=O)C(C)Oc3ccccc3Br)CC2)o1. The quantitative estimate of drug-likeness (QED) is 0.761. The fourth-order valence-electron chi connectivity index (χ4n) is 2.87. The Morgan fingerprint density at radius 3 is 2.35 bits per heavy atom. The second-order valence-corrected chi connectivity index (χ2v) is 7.07. The lowest BCUT2D eigenvalue weighted by atomic mass is 10.2. The molecule has 26 heavy (non-hydrogen) atoms. The van der Waals surface area contributed by atoms with Crippen molar-refractivity contribution in [2.24, 2.45) is 0 Å². The minimum atomic E-state index is -0.594. The van der Waals surface area contributed by atoms with Gasteiger partial charge in [-0.3, -0.25) is 9.59 Å². The fraction of sp³-hybridized carbons (Fsp3) is 0.368. The molecule has 1 aromatic carbocycles. The third kappa shape index (κ3) is 4.09. The molecule has 2 heterocycles. The summed E-state index contributed by atoms with van der Waals surface area (Å²) in [6.07, 6.45) is -0.594. The standard InChI is InChI=1S/C19H21BrN2O4/c1-13-7-8-17(25-13)19(24)22-11-9-21(10-12-22)18(23)14(2)26-16-6-4-3-5-15(16)20/h3-8,14H,9-12H2,1-2H3. The maximum Gasteiger partial charge on any atom is 0.289 e. The molecule has 6 nitrogen and oxygen atoms in total. The largest absolute Gasteiger partial charge is 0.480 e. The molecule has 0 spiro atoms. The number of ether oxygens (including phenoxy) is 1. The first kappa shape index (κ1) is 18.5. The Bertz CT molecular complexity index is 796. The molecule has 2 aromatic rings. The van der Waals surface area contributed by atoms with Gasteiger partial charge in [-0.25, -0.2) is 0 Å². The van der Waals surface area contributed by atoms with Crippen molar-refractivity contribution in [2.45, 2.75) is 20.0 Å². The second-order valence-electron chi connectivity index (χ2n) is 6.22. The summed E-state index contributed by atoms with van der Waals surface area (Å²) >= 11 is 3.41. The van der Waals surface area contributed by atoms with E-state index in [0.29, 0.717) is 43.4 Å². The van der Waals surface area contributed by atoms with E-state index < -0.39 is 6.10 Å². The molecule has 0 radical (unpaired) electrons. The number of carbonyl (C=O) groups excluding carboxylic acids is 2. The summed E-state index contributed by atoms with van der Waals surface area (Å²) in [5.74, 6) is 1.47. The molecule has 2 amide bonds. The molecule has 1 atom stereocenters. The minimum absolute atomic E-state index is 0.0818. The molecule has 1 aliphatic rings. The van der Waals surface area contributed by atoms with Gasteiger partial charge in [-0.15, -0.1) is 0 Å². The lowest BCUT2D eigenvalue weighted by Crippen LogP contribution is -2.53. The molecular formula is C19H21BrN2O4. The van der Waals surface area contributed by atoms with Gasteiger partial charge in [0, 0.05) is 26.2 Å². The number of aryl methyl sites for hydroxylation is 1. The van der Waals surface area contributed by atoms with E-state index in [0.717, 1.165) is 4.47 Å². The predicted octanol–water partition coefficient (Wildman–Crippen LogP) is 3.10. The van der Waals surface area contributed by atoms with Crippen LogP contribution in [-0.2, 0) is 4.79 Å². The van der Waals surface area contributed by atoms with Crippen molar-refractivity contribution in [1.82, 2.24) is 9.80 Å². The Hall–Kier alpha value is -2.28. The number of hydrogen-bond donors (Lipinski definition) is 0. The van der Waals surface area contributed by atoms with Crippen molar-refractivity contribution >= 4 is 27.7 Å². The zero-order valence-electron chi connectivity index (χ0n) is 14.8. The number of para-hydroxylation sites is 1. The Morgan fingerprint density at radius 2 is 1.73 bits per heavy atom. The minimum Gasteiger partial charge on any atom is -0.480 e. The summed E-state index contributed by atoms with van der Waals surface area (Å²) < 4.78 is 12.0. The van der Waals surface area contributed by atoms with Crippen LogP contribution >= 0.6 is 15.9 Å². The van der Waals surface area contributed by atoms with Gasteiger partial charge in [-0.2, -0.15) is 0 Å². The summed E-state index contributed by atoms with van der Waals surface area (Å²) in [4.78, 5) is 28.5. The van der Waals surface area contributed by atoms with Crippen molar-refractivity contribution in [3.63, 3.8) is 0 Å². The van der Waals surface area contributed by atoms with E-state index >= 15 is 0 Å². The molecule has 7 heteroatoms. The molecule has 3 rings (SSSR count). The van der Waals surface area contributed by atoms with Gasteiger partial charge in [0.25, 0.3) is 11.8 Å². The van der Waals surface area contributed by atoms with Gasteiger partial charge in [0.05, 0.1) is 4.47 Å². The highest BCUT2D eigenvalue weighted by atomic mass is 79.9. The zero-order valence-corrected chi connectivity index (χ0v) is 16.4. The molecule has 1 saturated heterocycles. The average Bonchev–Trinajstić information content (AvgIpc) is 3.09. The number of carbonyl (C=O) groups is 2. The monoisotopic (exact) mass is 420 g/mol. The zero-order chi connectivity index (χ0) is 18.7. The van der Waals surface area contributed by atoms with Crippen LogP contribution in [0.4, 0.5) is 0 Å². The van der Waals surface area contributed by atoms with Gasteiger partial charge in [0.15, 0.2) is 11.9 Å². The van der Waals surface area contributed by atoms with E-state index in [1.165, 1.54) is 0 Å². The lowest BCUT2D eigenvalue weighted by molar-refractivity contribution is -0.139. The molecule has 1 fully saturated rings. The van der Waals surface area contributed by atoms with Crippen LogP contribution < -0.4 is 4.74 Å². The highest BCUT2D eigenvalue weighted by Crippen LogP contribution is 2.25. The molecule has 0 saturated carbocycles. The van der Waals surface area contributed by atoms with Gasteiger partial charge in [0.1, 0.15) is 11.5 Å². The predicted molar refractivity (Wildman–Crippen MR) is 100 cm³/mol. The van der Waals surface area contributed by atoms with Crippen LogP contribution in [0.2, 0.25) is 0 Å². The number of rotatable bonds is 4. The molecule has 0 bridgehead atoms. The first-order chi connectivity index (χ1) is 12.5.